The number of nitrogens with zero attached hydrogens (tertiary/aromatic N) is 1. The Morgan fingerprint density at radius 3 is 2.86 bits per heavy atom. The van der Waals surface area contributed by atoms with Crippen LogP contribution in [0.5, 0.6) is 0 Å². The molecule has 0 saturated heterocycles. The van der Waals surface area contributed by atoms with E-state index in [-0.39, 0.29) is 17.2 Å². The van der Waals surface area contributed by atoms with Crippen molar-refractivity contribution in [1.82, 2.24) is 4.98 Å². The van der Waals surface area contributed by atoms with Gasteiger partial charge in [0, 0.05) is 16.8 Å². The summed E-state index contributed by atoms with van der Waals surface area (Å²) in [6.07, 6.45) is 2.64. The van der Waals surface area contributed by atoms with Crippen molar-refractivity contribution in [2.75, 3.05) is 11.1 Å². The molecule has 2 N–H and O–H groups in total. The number of amides is 1. The number of halogens is 1. The Morgan fingerprint density at radius 1 is 1.38 bits per heavy atom. The first-order valence-corrected chi connectivity index (χ1v) is 8.19. The van der Waals surface area contributed by atoms with Crippen molar-refractivity contribution >= 4 is 52.3 Å². The van der Waals surface area contributed by atoms with Gasteiger partial charge in [0.2, 0.25) is 5.91 Å². The molecule has 21 heavy (non-hydrogen) atoms. The molecule has 0 bridgehead atoms. The van der Waals surface area contributed by atoms with Gasteiger partial charge in [-0.1, -0.05) is 11.6 Å². The highest BCUT2D eigenvalue weighted by Gasteiger charge is 2.07. The molecule has 0 aliphatic carbocycles. The summed E-state index contributed by atoms with van der Waals surface area (Å²) in [5.41, 5.74) is 0.411. The lowest BCUT2D eigenvalue weighted by Gasteiger charge is -2.05. The molecule has 1 amide bonds. The van der Waals surface area contributed by atoms with Crippen LogP contribution in [0.25, 0.3) is 0 Å². The number of aromatic carboxylic acids is 1. The molecule has 8 heteroatoms. The first-order valence-electron chi connectivity index (χ1n) is 5.85. The summed E-state index contributed by atoms with van der Waals surface area (Å²) in [6, 6.07) is 5.13. The predicted octanol–water partition coefficient (Wildman–Crippen LogP) is 3.37. The monoisotopic (exact) mass is 342 g/mol. The van der Waals surface area contributed by atoms with E-state index in [0.29, 0.717) is 11.4 Å². The third kappa shape index (κ3) is 5.04. The molecule has 2 heterocycles. The Balaban J connectivity index is 1.81. The first kappa shape index (κ1) is 15.8. The lowest BCUT2D eigenvalue weighted by atomic mass is 10.2. The van der Waals surface area contributed by atoms with Crippen molar-refractivity contribution in [1.29, 1.82) is 0 Å². The number of rotatable bonds is 6. The summed E-state index contributed by atoms with van der Waals surface area (Å²) in [6.45, 7) is 0. The number of hydrogen-bond acceptors (Lipinski definition) is 5. The van der Waals surface area contributed by atoms with Crippen LogP contribution in [0.4, 0.5) is 5.69 Å². The van der Waals surface area contributed by atoms with Gasteiger partial charge in [-0.2, -0.15) is 0 Å². The Labute approximate surface area is 134 Å². The van der Waals surface area contributed by atoms with Crippen LogP contribution in [0.15, 0.2) is 30.6 Å². The molecule has 0 radical (unpaired) electrons. The van der Waals surface area contributed by atoms with Crippen LogP contribution in [0.3, 0.4) is 0 Å². The molecule has 0 atom stereocenters. The van der Waals surface area contributed by atoms with E-state index >= 15 is 0 Å². The topological polar surface area (TPSA) is 79.3 Å². The van der Waals surface area contributed by atoms with E-state index in [1.54, 1.807) is 0 Å². The fourth-order valence-electron chi connectivity index (χ4n) is 1.50. The SMILES string of the molecule is O=C(CSCc1ccc(Cl)s1)Nc1cncc(C(=O)O)c1. The van der Waals surface area contributed by atoms with Gasteiger partial charge in [0.1, 0.15) is 0 Å². The molecule has 5 nitrogen and oxygen atoms in total. The van der Waals surface area contributed by atoms with Crippen LogP contribution in [0, 0.1) is 0 Å². The Morgan fingerprint density at radius 2 is 2.19 bits per heavy atom. The molecule has 0 aliphatic heterocycles. The van der Waals surface area contributed by atoms with Crippen molar-refractivity contribution < 1.29 is 14.7 Å². The molecule has 0 aromatic carbocycles. The number of pyridine rings is 1. The summed E-state index contributed by atoms with van der Waals surface area (Å²) < 4.78 is 0.728. The van der Waals surface area contributed by atoms with Crippen LogP contribution in [0.2, 0.25) is 4.34 Å². The van der Waals surface area contributed by atoms with E-state index in [1.807, 2.05) is 12.1 Å². The standard InChI is InChI=1S/C13H11ClN2O3S2/c14-11-2-1-10(21-11)6-20-7-12(17)16-9-3-8(13(18)19)4-15-5-9/h1-5H,6-7H2,(H,16,17)(H,18,19). The van der Waals surface area contributed by atoms with E-state index in [1.165, 1.54) is 41.6 Å². The molecule has 0 aliphatic rings. The average molecular weight is 343 g/mol. The van der Waals surface area contributed by atoms with Crippen LogP contribution in [-0.4, -0.2) is 27.7 Å². The van der Waals surface area contributed by atoms with Crippen LogP contribution in [-0.2, 0) is 10.5 Å². The lowest BCUT2D eigenvalue weighted by molar-refractivity contribution is -0.113. The summed E-state index contributed by atoms with van der Waals surface area (Å²) >= 11 is 8.77. The average Bonchev–Trinajstić information content (AvgIpc) is 2.84. The molecule has 0 unspecified atom stereocenters. The normalized spacial score (nSPS) is 10.3. The minimum atomic E-state index is -1.08. The van der Waals surface area contributed by atoms with Crippen molar-refractivity contribution in [3.63, 3.8) is 0 Å². The fraction of sp³-hybridized carbons (Fsp3) is 0.154. The largest absolute Gasteiger partial charge is 0.478 e. The molecule has 2 aromatic rings. The Hall–Kier alpha value is -1.57. The second-order valence-corrected chi connectivity index (χ2v) is 6.80. The Kier molecular flexibility index (Phi) is 5.60. The molecule has 0 fully saturated rings. The summed E-state index contributed by atoms with van der Waals surface area (Å²) in [4.78, 5) is 27.4. The van der Waals surface area contributed by atoms with Crippen molar-refractivity contribution in [2.45, 2.75) is 5.75 Å². The van der Waals surface area contributed by atoms with Gasteiger partial charge in [0.25, 0.3) is 0 Å². The van der Waals surface area contributed by atoms with Gasteiger partial charge in [-0.3, -0.25) is 9.78 Å². The van der Waals surface area contributed by atoms with Gasteiger partial charge < -0.3 is 10.4 Å². The van der Waals surface area contributed by atoms with Crippen molar-refractivity contribution in [3.8, 4) is 0 Å². The van der Waals surface area contributed by atoms with E-state index in [9.17, 15) is 9.59 Å². The van der Waals surface area contributed by atoms with Gasteiger partial charge in [-0.05, 0) is 18.2 Å². The van der Waals surface area contributed by atoms with E-state index in [0.717, 1.165) is 9.21 Å². The molecule has 2 rings (SSSR count). The highest BCUT2D eigenvalue weighted by Crippen LogP contribution is 2.25. The lowest BCUT2D eigenvalue weighted by Crippen LogP contribution is -2.14. The third-order valence-electron chi connectivity index (χ3n) is 2.38. The van der Waals surface area contributed by atoms with Gasteiger partial charge in [-0.25, -0.2) is 4.79 Å². The molecule has 0 spiro atoms. The number of carbonyl (C=O) groups is 2. The first-order chi connectivity index (χ1) is 10.0. The number of hydrogen-bond donors (Lipinski definition) is 2. The zero-order chi connectivity index (χ0) is 15.2. The smallest absolute Gasteiger partial charge is 0.337 e. The maximum atomic E-state index is 11.8. The highest BCUT2D eigenvalue weighted by atomic mass is 35.5. The van der Waals surface area contributed by atoms with Crippen LogP contribution in [0.1, 0.15) is 15.2 Å². The second kappa shape index (κ2) is 7.44. The molecule has 110 valence electrons. The Bertz CT molecular complexity index is 660. The third-order valence-corrected chi connectivity index (χ3v) is 4.77. The van der Waals surface area contributed by atoms with Crippen molar-refractivity contribution in [3.05, 3.63) is 45.4 Å². The van der Waals surface area contributed by atoms with Crippen LogP contribution < -0.4 is 5.32 Å². The molecular weight excluding hydrogens is 332 g/mol. The van der Waals surface area contributed by atoms with E-state index in [2.05, 4.69) is 10.3 Å². The highest BCUT2D eigenvalue weighted by molar-refractivity contribution is 7.99. The predicted molar refractivity (Wildman–Crippen MR) is 85.3 cm³/mol. The fourth-order valence-corrected chi connectivity index (χ4v) is 3.52. The van der Waals surface area contributed by atoms with E-state index < -0.39 is 5.97 Å². The van der Waals surface area contributed by atoms with Gasteiger partial charge >= 0.3 is 5.97 Å². The van der Waals surface area contributed by atoms with Crippen molar-refractivity contribution in [2.24, 2.45) is 0 Å². The van der Waals surface area contributed by atoms with Gasteiger partial charge in [-0.15, -0.1) is 23.1 Å². The van der Waals surface area contributed by atoms with Gasteiger partial charge in [0.15, 0.2) is 0 Å². The quantitative estimate of drug-likeness (QED) is 0.841. The zero-order valence-corrected chi connectivity index (χ0v) is 13.1. The molecular formula is C13H11ClN2O3S2. The minimum absolute atomic E-state index is 0.0358. The maximum absolute atomic E-state index is 11.8. The van der Waals surface area contributed by atoms with E-state index in [4.69, 9.17) is 16.7 Å². The minimum Gasteiger partial charge on any atom is -0.478 e. The zero-order valence-electron chi connectivity index (χ0n) is 10.7. The van der Waals surface area contributed by atoms with Crippen LogP contribution >= 0.6 is 34.7 Å². The van der Waals surface area contributed by atoms with Gasteiger partial charge in [0.05, 0.1) is 27.5 Å². The summed E-state index contributed by atoms with van der Waals surface area (Å²) in [7, 11) is 0. The number of nitrogens with one attached hydrogen (secondary N) is 1. The number of aromatic nitrogens is 1. The number of thioether (sulfide) groups is 1. The number of carboxylic acids is 1. The number of anilines is 1. The summed E-state index contributed by atoms with van der Waals surface area (Å²) in [5.74, 6) is -0.306. The molecule has 2 aromatic heterocycles. The summed E-state index contributed by atoms with van der Waals surface area (Å²) in [5, 5.41) is 11.5. The number of thiophene rings is 1. The second-order valence-electron chi connectivity index (χ2n) is 4.01. The number of carboxylic acid groups (broad SMARTS) is 1. The maximum Gasteiger partial charge on any atom is 0.337 e. The number of carbonyl (C=O) groups excluding carboxylic acids is 1. The molecule has 0 saturated carbocycles.